The molecule has 7 nitrogen and oxygen atoms in total. The molecule has 0 bridgehead atoms. The third kappa shape index (κ3) is 3.87. The second-order valence-corrected chi connectivity index (χ2v) is 9.45. The van der Waals surface area contributed by atoms with Crippen LogP contribution in [0.15, 0.2) is 70.2 Å². The van der Waals surface area contributed by atoms with Crippen LogP contribution in [0.4, 0.5) is 5.69 Å². The van der Waals surface area contributed by atoms with Crippen molar-refractivity contribution in [2.75, 3.05) is 26.5 Å². The maximum Gasteiger partial charge on any atom is 0.242 e. The van der Waals surface area contributed by atoms with E-state index in [0.29, 0.717) is 11.3 Å². The quantitative estimate of drug-likeness (QED) is 0.491. The Morgan fingerprint density at radius 3 is 2.61 bits per heavy atom. The lowest BCUT2D eigenvalue weighted by Gasteiger charge is -2.15. The molecule has 0 aliphatic rings. The van der Waals surface area contributed by atoms with Gasteiger partial charge in [0, 0.05) is 25.0 Å². The lowest BCUT2D eigenvalue weighted by molar-refractivity contribution is -0.115. The van der Waals surface area contributed by atoms with E-state index in [2.05, 4.69) is 5.32 Å². The normalized spacial score (nSPS) is 11.9. The summed E-state index contributed by atoms with van der Waals surface area (Å²) in [5.41, 5.74) is 1.74. The molecule has 0 saturated heterocycles. The summed E-state index contributed by atoms with van der Waals surface area (Å²) in [7, 11) is 0.708. The second kappa shape index (κ2) is 8.05. The van der Waals surface area contributed by atoms with Gasteiger partial charge in [-0.05, 0) is 35.0 Å². The Morgan fingerprint density at radius 2 is 1.87 bits per heavy atom. The van der Waals surface area contributed by atoms with Crippen LogP contribution >= 0.6 is 0 Å². The number of carbonyl (C=O) groups excluding carboxylic acids is 1. The Kier molecular flexibility index (Phi) is 5.43. The minimum Gasteiger partial charge on any atom is -0.495 e. The van der Waals surface area contributed by atoms with Gasteiger partial charge in [-0.2, -0.15) is 0 Å². The molecule has 0 radical (unpaired) electrons. The monoisotopic (exact) mass is 438 g/mol. The number of nitrogens with zero attached hydrogens (tertiary/aromatic N) is 1. The van der Waals surface area contributed by atoms with Gasteiger partial charge in [0.2, 0.25) is 15.9 Å². The van der Waals surface area contributed by atoms with Crippen molar-refractivity contribution in [3.05, 3.63) is 66.4 Å². The van der Waals surface area contributed by atoms with Crippen LogP contribution in [-0.2, 0) is 21.2 Å². The summed E-state index contributed by atoms with van der Waals surface area (Å²) in [6.45, 7) is 0. The van der Waals surface area contributed by atoms with Gasteiger partial charge in [-0.1, -0.05) is 30.3 Å². The molecule has 0 aliphatic heterocycles. The largest absolute Gasteiger partial charge is 0.495 e. The van der Waals surface area contributed by atoms with Gasteiger partial charge in [0.05, 0.1) is 30.4 Å². The Bertz CT molecular complexity index is 1390. The number of benzene rings is 3. The molecule has 0 saturated carbocycles. The Morgan fingerprint density at radius 1 is 1.10 bits per heavy atom. The molecule has 0 atom stereocenters. The number of carbonyl (C=O) groups is 1. The number of hydrogen-bond acceptors (Lipinski definition) is 5. The SMILES string of the molecule is COc1ccc(S(=O)(=O)N(C)C)cc1NC(=O)Cc1coc2ccc3ccccc3c12. The van der Waals surface area contributed by atoms with Gasteiger partial charge in [-0.15, -0.1) is 0 Å². The smallest absolute Gasteiger partial charge is 0.242 e. The molecule has 4 aromatic rings. The Balaban J connectivity index is 1.66. The Labute approximate surface area is 180 Å². The van der Waals surface area contributed by atoms with Crippen molar-refractivity contribution in [2.24, 2.45) is 0 Å². The van der Waals surface area contributed by atoms with Crippen LogP contribution in [0.1, 0.15) is 5.56 Å². The molecular weight excluding hydrogens is 416 g/mol. The maximum atomic E-state index is 12.9. The fourth-order valence-corrected chi connectivity index (χ4v) is 4.46. The zero-order valence-corrected chi connectivity index (χ0v) is 18.2. The maximum absolute atomic E-state index is 12.9. The number of amides is 1. The van der Waals surface area contributed by atoms with Gasteiger partial charge in [0.15, 0.2) is 0 Å². The summed E-state index contributed by atoms with van der Waals surface area (Å²) < 4.78 is 37.0. The number of nitrogens with one attached hydrogen (secondary N) is 1. The third-order valence-corrected chi connectivity index (χ3v) is 6.93. The standard InChI is InChI=1S/C23H22N2O5S/c1-25(2)31(27,28)17-9-11-20(29-3)19(13-17)24-22(26)12-16-14-30-21-10-8-15-6-4-5-7-18(15)23(16)21/h4-11,13-14H,12H2,1-3H3,(H,24,26). The minimum atomic E-state index is -3.65. The van der Waals surface area contributed by atoms with Gasteiger partial charge in [-0.3, -0.25) is 4.79 Å². The molecule has 1 heterocycles. The van der Waals surface area contributed by atoms with Gasteiger partial charge in [0.25, 0.3) is 0 Å². The molecule has 0 spiro atoms. The molecule has 8 heteroatoms. The molecule has 3 aromatic carbocycles. The highest BCUT2D eigenvalue weighted by atomic mass is 32.2. The van der Waals surface area contributed by atoms with Crippen molar-refractivity contribution in [1.29, 1.82) is 0 Å². The molecule has 0 fully saturated rings. The molecular formula is C23H22N2O5S. The average Bonchev–Trinajstić information content (AvgIpc) is 3.16. The van der Waals surface area contributed by atoms with E-state index >= 15 is 0 Å². The zero-order valence-electron chi connectivity index (χ0n) is 17.4. The second-order valence-electron chi connectivity index (χ2n) is 7.30. The van der Waals surface area contributed by atoms with Crippen LogP contribution in [0.3, 0.4) is 0 Å². The highest BCUT2D eigenvalue weighted by Gasteiger charge is 2.20. The van der Waals surface area contributed by atoms with E-state index in [9.17, 15) is 13.2 Å². The fraction of sp³-hybridized carbons (Fsp3) is 0.174. The van der Waals surface area contributed by atoms with Crippen LogP contribution in [0.5, 0.6) is 5.75 Å². The first kappa shape index (κ1) is 20.9. The Hall–Kier alpha value is -3.36. The van der Waals surface area contributed by atoms with Gasteiger partial charge in [0.1, 0.15) is 11.3 Å². The van der Waals surface area contributed by atoms with E-state index in [0.717, 1.165) is 26.0 Å². The number of hydrogen-bond donors (Lipinski definition) is 1. The molecule has 1 amide bonds. The number of furan rings is 1. The third-order valence-electron chi connectivity index (χ3n) is 5.11. The van der Waals surface area contributed by atoms with E-state index in [1.807, 2.05) is 36.4 Å². The minimum absolute atomic E-state index is 0.0633. The fourth-order valence-electron chi connectivity index (χ4n) is 3.53. The topological polar surface area (TPSA) is 88.9 Å². The van der Waals surface area contributed by atoms with E-state index in [4.69, 9.17) is 9.15 Å². The van der Waals surface area contributed by atoms with Crippen LogP contribution in [-0.4, -0.2) is 39.8 Å². The van der Waals surface area contributed by atoms with Gasteiger partial charge in [-0.25, -0.2) is 12.7 Å². The number of sulfonamides is 1. The first-order valence-corrected chi connectivity index (χ1v) is 11.0. The first-order chi connectivity index (χ1) is 14.8. The summed E-state index contributed by atoms with van der Waals surface area (Å²) in [4.78, 5) is 12.9. The summed E-state index contributed by atoms with van der Waals surface area (Å²) >= 11 is 0. The van der Waals surface area contributed by atoms with Crippen molar-refractivity contribution in [3.63, 3.8) is 0 Å². The van der Waals surface area contributed by atoms with Crippen molar-refractivity contribution in [2.45, 2.75) is 11.3 Å². The molecule has 0 unspecified atom stereocenters. The number of anilines is 1. The van der Waals surface area contributed by atoms with Gasteiger partial charge >= 0.3 is 0 Å². The number of fused-ring (bicyclic) bond motifs is 3. The molecule has 1 aromatic heterocycles. The summed E-state index contributed by atoms with van der Waals surface area (Å²) in [6, 6.07) is 16.1. The summed E-state index contributed by atoms with van der Waals surface area (Å²) in [5, 5.41) is 5.73. The van der Waals surface area contributed by atoms with E-state index in [1.54, 1.807) is 6.26 Å². The van der Waals surface area contributed by atoms with Crippen molar-refractivity contribution >= 4 is 43.4 Å². The van der Waals surface area contributed by atoms with E-state index < -0.39 is 10.0 Å². The predicted molar refractivity (Wildman–Crippen MR) is 120 cm³/mol. The average molecular weight is 439 g/mol. The number of ether oxygens (including phenoxy) is 1. The summed E-state index contributed by atoms with van der Waals surface area (Å²) in [5.74, 6) is 0.0573. The lowest BCUT2D eigenvalue weighted by Crippen LogP contribution is -2.22. The van der Waals surface area contributed by atoms with Gasteiger partial charge < -0.3 is 14.5 Å². The molecule has 4 rings (SSSR count). The number of rotatable bonds is 6. The van der Waals surface area contributed by atoms with Crippen molar-refractivity contribution in [3.8, 4) is 5.75 Å². The first-order valence-electron chi connectivity index (χ1n) is 9.59. The van der Waals surface area contributed by atoms with Crippen LogP contribution < -0.4 is 10.1 Å². The number of methoxy groups -OCH3 is 1. The van der Waals surface area contributed by atoms with E-state index in [-0.39, 0.29) is 22.9 Å². The molecule has 1 N–H and O–H groups in total. The predicted octanol–water partition coefficient (Wildman–Crippen LogP) is 4.03. The van der Waals surface area contributed by atoms with Crippen molar-refractivity contribution in [1.82, 2.24) is 4.31 Å². The highest BCUT2D eigenvalue weighted by Crippen LogP contribution is 2.31. The molecule has 0 aliphatic carbocycles. The molecule has 160 valence electrons. The van der Waals surface area contributed by atoms with Crippen molar-refractivity contribution < 1.29 is 22.4 Å². The highest BCUT2D eigenvalue weighted by molar-refractivity contribution is 7.89. The summed E-state index contributed by atoms with van der Waals surface area (Å²) in [6.07, 6.45) is 1.65. The van der Waals surface area contributed by atoms with Crippen LogP contribution in [0, 0.1) is 0 Å². The van der Waals surface area contributed by atoms with E-state index in [1.165, 1.54) is 39.4 Å². The van der Waals surface area contributed by atoms with Crippen LogP contribution in [0.25, 0.3) is 21.7 Å². The molecule has 31 heavy (non-hydrogen) atoms. The van der Waals surface area contributed by atoms with Crippen LogP contribution in [0.2, 0.25) is 0 Å². The lowest BCUT2D eigenvalue weighted by atomic mass is 10.0. The zero-order chi connectivity index (χ0) is 22.2.